The second-order valence-electron chi connectivity index (χ2n) is 5.26. The van der Waals surface area contributed by atoms with Crippen molar-refractivity contribution in [1.29, 1.82) is 0 Å². The van der Waals surface area contributed by atoms with Gasteiger partial charge in [-0.1, -0.05) is 30.3 Å². The Bertz CT molecular complexity index is 499. The highest BCUT2D eigenvalue weighted by molar-refractivity contribution is 5.98. The molecule has 0 N–H and O–H groups in total. The van der Waals surface area contributed by atoms with Crippen LogP contribution < -0.4 is 0 Å². The van der Waals surface area contributed by atoms with Crippen LogP contribution in [0.2, 0.25) is 0 Å². The molecule has 4 rings (SSSR count). The van der Waals surface area contributed by atoms with Gasteiger partial charge in [-0.2, -0.15) is 0 Å². The van der Waals surface area contributed by atoms with Gasteiger partial charge in [-0.25, -0.2) is 0 Å². The summed E-state index contributed by atoms with van der Waals surface area (Å²) in [6.45, 7) is 1.99. The number of fused-ring (bicyclic) bond motifs is 3. The number of ketones is 1. The summed E-state index contributed by atoms with van der Waals surface area (Å²) in [6.07, 6.45) is 2.71. The van der Waals surface area contributed by atoms with Gasteiger partial charge in [0, 0.05) is 25.4 Å². The Morgan fingerprint density at radius 2 is 1.95 bits per heavy atom. The molecule has 3 nitrogen and oxygen atoms in total. The second-order valence-corrected chi connectivity index (χ2v) is 5.26. The van der Waals surface area contributed by atoms with Crippen LogP contribution in [0, 0.1) is 5.92 Å². The molecular weight excluding hydrogens is 238 g/mol. The molecule has 19 heavy (non-hydrogen) atoms. The molecule has 1 aromatic carbocycles. The molecule has 3 aliphatic rings. The molecule has 3 saturated heterocycles. The van der Waals surface area contributed by atoms with Gasteiger partial charge in [-0.15, -0.1) is 0 Å². The van der Waals surface area contributed by atoms with Gasteiger partial charge in [0.2, 0.25) is 0 Å². The van der Waals surface area contributed by atoms with E-state index in [1.165, 1.54) is 5.56 Å². The molecule has 0 aliphatic carbocycles. The lowest BCUT2D eigenvalue weighted by molar-refractivity contribution is -0.126. The number of carbonyl (C=O) groups is 1. The van der Waals surface area contributed by atoms with Gasteiger partial charge in [0.1, 0.15) is 11.5 Å². The number of allylic oxidation sites excluding steroid dienone is 2. The summed E-state index contributed by atoms with van der Waals surface area (Å²) < 4.78 is 5.53. The maximum atomic E-state index is 12.4. The summed E-state index contributed by atoms with van der Waals surface area (Å²) in [5.41, 5.74) is 2.01. The Balaban J connectivity index is 1.92. The lowest BCUT2D eigenvalue weighted by atomic mass is 9.84. The largest absolute Gasteiger partial charge is 0.498 e. The lowest BCUT2D eigenvalue weighted by Crippen LogP contribution is -2.47. The highest BCUT2D eigenvalue weighted by Gasteiger charge is 2.38. The van der Waals surface area contributed by atoms with E-state index in [0.717, 1.165) is 37.4 Å². The van der Waals surface area contributed by atoms with Crippen LogP contribution in [-0.4, -0.2) is 30.9 Å². The Hall–Kier alpha value is -1.77. The van der Waals surface area contributed by atoms with Crippen LogP contribution in [0.1, 0.15) is 18.4 Å². The van der Waals surface area contributed by atoms with E-state index >= 15 is 0 Å². The number of piperidine rings is 3. The van der Waals surface area contributed by atoms with Crippen molar-refractivity contribution in [2.45, 2.75) is 19.3 Å². The van der Waals surface area contributed by atoms with Crippen molar-refractivity contribution in [3.63, 3.8) is 0 Å². The fraction of sp³-hybridized carbons (Fsp3) is 0.438. The summed E-state index contributed by atoms with van der Waals surface area (Å²) in [6, 6.07) is 10.2. The van der Waals surface area contributed by atoms with E-state index in [-0.39, 0.29) is 11.7 Å². The van der Waals surface area contributed by atoms with Crippen molar-refractivity contribution < 1.29 is 9.53 Å². The van der Waals surface area contributed by atoms with Crippen molar-refractivity contribution in [2.75, 3.05) is 20.2 Å². The molecule has 0 amide bonds. The van der Waals surface area contributed by atoms with E-state index in [9.17, 15) is 4.79 Å². The average Bonchev–Trinajstić information content (AvgIpc) is 2.48. The van der Waals surface area contributed by atoms with Crippen molar-refractivity contribution in [1.82, 2.24) is 4.90 Å². The van der Waals surface area contributed by atoms with Crippen LogP contribution in [-0.2, 0) is 16.0 Å². The van der Waals surface area contributed by atoms with Gasteiger partial charge in [0.15, 0.2) is 5.78 Å². The monoisotopic (exact) mass is 257 g/mol. The number of methoxy groups -OCH3 is 1. The molecule has 3 aliphatic heterocycles. The minimum atomic E-state index is 0.223. The smallest absolute Gasteiger partial charge is 0.185 e. The number of rotatable bonds is 3. The zero-order valence-electron chi connectivity index (χ0n) is 11.3. The molecular formula is C16H19NO2. The molecule has 3 heterocycles. The predicted octanol–water partition coefficient (Wildman–Crippen LogP) is 2.38. The van der Waals surface area contributed by atoms with Crippen LogP contribution in [0.3, 0.4) is 0 Å². The van der Waals surface area contributed by atoms with Crippen molar-refractivity contribution in [3.8, 4) is 0 Å². The summed E-state index contributed by atoms with van der Waals surface area (Å²) >= 11 is 0. The molecule has 0 unspecified atom stereocenters. The fourth-order valence-electron chi connectivity index (χ4n) is 3.06. The number of benzene rings is 1. The highest BCUT2D eigenvalue weighted by atomic mass is 16.5. The summed E-state index contributed by atoms with van der Waals surface area (Å²) in [4.78, 5) is 14.6. The number of ether oxygens (including phenoxy) is 1. The van der Waals surface area contributed by atoms with E-state index in [1.54, 1.807) is 7.11 Å². The van der Waals surface area contributed by atoms with Gasteiger partial charge >= 0.3 is 0 Å². The molecule has 0 aromatic heterocycles. The molecule has 2 bridgehead atoms. The Morgan fingerprint density at radius 3 is 2.53 bits per heavy atom. The number of Topliss-reactive ketones (excluding diaryl/α,β-unsaturated/α-hetero) is 1. The minimum absolute atomic E-state index is 0.223. The number of nitrogens with zero attached hydrogens (tertiary/aromatic N) is 1. The molecule has 0 atom stereocenters. The van der Waals surface area contributed by atoms with Crippen LogP contribution in [0.5, 0.6) is 0 Å². The fourth-order valence-corrected chi connectivity index (χ4v) is 3.06. The molecule has 3 heteroatoms. The summed E-state index contributed by atoms with van der Waals surface area (Å²) in [5.74, 6) is 1.33. The maximum absolute atomic E-state index is 12.4. The molecule has 0 saturated carbocycles. The first-order chi connectivity index (χ1) is 9.29. The molecule has 100 valence electrons. The van der Waals surface area contributed by atoms with E-state index < -0.39 is 0 Å². The summed E-state index contributed by atoms with van der Waals surface area (Å²) in [7, 11) is 1.67. The highest BCUT2D eigenvalue weighted by Crippen LogP contribution is 2.33. The van der Waals surface area contributed by atoms with E-state index in [1.807, 2.05) is 18.2 Å². The van der Waals surface area contributed by atoms with Crippen LogP contribution in [0.15, 0.2) is 41.8 Å². The van der Waals surface area contributed by atoms with Crippen molar-refractivity contribution >= 4 is 5.78 Å². The van der Waals surface area contributed by atoms with E-state index in [0.29, 0.717) is 6.42 Å². The molecule has 0 radical (unpaired) electrons. The normalized spacial score (nSPS) is 21.7. The first-order valence-electron chi connectivity index (χ1n) is 6.90. The van der Waals surface area contributed by atoms with Gasteiger partial charge < -0.3 is 9.64 Å². The first kappa shape index (κ1) is 12.3. The third-order valence-electron chi connectivity index (χ3n) is 4.13. The first-order valence-corrected chi connectivity index (χ1v) is 6.90. The second kappa shape index (κ2) is 5.08. The maximum Gasteiger partial charge on any atom is 0.185 e. The average molecular weight is 257 g/mol. The van der Waals surface area contributed by atoms with Gasteiger partial charge in [-0.3, -0.25) is 4.79 Å². The standard InChI is InChI=1S/C16H19NO2/c1-19-14(11-12-5-3-2-4-6-12)15-16(18)13-7-9-17(15)10-8-13/h2-6,13H,7-11H2,1H3/b15-14+. The Morgan fingerprint density at radius 1 is 1.26 bits per heavy atom. The number of carbonyl (C=O) groups excluding carboxylic acids is 1. The molecule has 1 aromatic rings. The van der Waals surface area contributed by atoms with Gasteiger partial charge in [0.05, 0.1) is 7.11 Å². The van der Waals surface area contributed by atoms with Gasteiger partial charge in [0.25, 0.3) is 0 Å². The SMILES string of the molecule is CO/C(Cc1ccccc1)=C1\C(=O)C2CCN1CC2. The quantitative estimate of drug-likeness (QED) is 0.615. The van der Waals surface area contributed by atoms with E-state index in [4.69, 9.17) is 4.74 Å². The zero-order valence-corrected chi connectivity index (χ0v) is 11.3. The van der Waals surface area contributed by atoms with Crippen LogP contribution >= 0.6 is 0 Å². The van der Waals surface area contributed by atoms with Crippen LogP contribution in [0.25, 0.3) is 0 Å². The van der Waals surface area contributed by atoms with E-state index in [2.05, 4.69) is 17.0 Å². The topological polar surface area (TPSA) is 29.5 Å². The molecule has 3 fully saturated rings. The number of hydrogen-bond acceptors (Lipinski definition) is 3. The Labute approximate surface area is 113 Å². The van der Waals surface area contributed by atoms with Gasteiger partial charge in [-0.05, 0) is 18.4 Å². The summed E-state index contributed by atoms with van der Waals surface area (Å²) in [5, 5.41) is 0. The van der Waals surface area contributed by atoms with Crippen LogP contribution in [0.4, 0.5) is 0 Å². The third kappa shape index (κ3) is 2.25. The number of hydrogen-bond donors (Lipinski definition) is 0. The zero-order chi connectivity index (χ0) is 13.2. The Kier molecular flexibility index (Phi) is 3.28. The predicted molar refractivity (Wildman–Crippen MR) is 73.5 cm³/mol. The lowest BCUT2D eigenvalue weighted by Gasteiger charge is -2.41. The minimum Gasteiger partial charge on any atom is -0.498 e. The third-order valence-corrected chi connectivity index (χ3v) is 4.13. The van der Waals surface area contributed by atoms with Crippen molar-refractivity contribution in [3.05, 3.63) is 47.4 Å². The molecule has 0 spiro atoms. The van der Waals surface area contributed by atoms with Crippen molar-refractivity contribution in [2.24, 2.45) is 5.92 Å².